The van der Waals surface area contributed by atoms with Gasteiger partial charge in [0.2, 0.25) is 0 Å². The lowest BCUT2D eigenvalue weighted by Crippen LogP contribution is -1.96. The Hall–Kier alpha value is -1.41. The molecule has 142 valence electrons. The van der Waals surface area contributed by atoms with Gasteiger partial charge in [-0.3, -0.25) is 0 Å². The van der Waals surface area contributed by atoms with Crippen LogP contribution >= 0.6 is 11.8 Å². The van der Waals surface area contributed by atoms with E-state index in [9.17, 15) is 0 Å². The normalized spacial score (nSPS) is 10.8. The molecular formula is C24H34OS. The molecule has 0 aliphatic carbocycles. The number of unbranched alkanes of at least 4 members (excludes halogenated alkanes) is 6. The third-order valence-corrected chi connectivity index (χ3v) is 5.67. The van der Waals surface area contributed by atoms with Crippen LogP contribution in [-0.2, 0) is 0 Å². The van der Waals surface area contributed by atoms with Gasteiger partial charge in [-0.15, -0.1) is 11.8 Å². The summed E-state index contributed by atoms with van der Waals surface area (Å²) in [4.78, 5) is 1.38. The van der Waals surface area contributed by atoms with Crippen LogP contribution in [0, 0.1) is 0 Å². The van der Waals surface area contributed by atoms with Gasteiger partial charge in [0.25, 0.3) is 0 Å². The third kappa shape index (κ3) is 7.86. The van der Waals surface area contributed by atoms with Crippen LogP contribution in [0.3, 0.4) is 0 Å². The molecule has 0 aromatic heterocycles. The van der Waals surface area contributed by atoms with Crippen LogP contribution in [-0.4, -0.2) is 12.4 Å². The van der Waals surface area contributed by atoms with E-state index in [1.807, 2.05) is 11.8 Å². The Labute approximate surface area is 164 Å². The molecule has 2 rings (SSSR count). The Morgan fingerprint density at radius 1 is 0.654 bits per heavy atom. The summed E-state index contributed by atoms with van der Waals surface area (Å²) in [6.45, 7) is 5.30. The second kappa shape index (κ2) is 12.9. The maximum atomic E-state index is 5.79. The molecule has 0 aliphatic rings. The highest BCUT2D eigenvalue weighted by molar-refractivity contribution is 7.99. The number of benzene rings is 2. The average molecular weight is 371 g/mol. The van der Waals surface area contributed by atoms with E-state index >= 15 is 0 Å². The van der Waals surface area contributed by atoms with E-state index in [1.165, 1.54) is 66.7 Å². The molecular weight excluding hydrogens is 336 g/mol. The average Bonchev–Trinajstić information content (AvgIpc) is 2.69. The molecule has 0 radical (unpaired) electrons. The molecule has 0 atom stereocenters. The van der Waals surface area contributed by atoms with E-state index < -0.39 is 0 Å². The molecule has 2 aromatic rings. The van der Waals surface area contributed by atoms with Crippen molar-refractivity contribution in [1.29, 1.82) is 0 Å². The van der Waals surface area contributed by atoms with Crippen LogP contribution in [0.5, 0.6) is 5.75 Å². The van der Waals surface area contributed by atoms with Crippen molar-refractivity contribution in [3.05, 3.63) is 48.5 Å². The molecule has 26 heavy (non-hydrogen) atoms. The van der Waals surface area contributed by atoms with Gasteiger partial charge < -0.3 is 4.74 Å². The minimum atomic E-state index is 0.817. The molecule has 0 bridgehead atoms. The Morgan fingerprint density at radius 2 is 1.23 bits per heavy atom. The van der Waals surface area contributed by atoms with Crippen molar-refractivity contribution in [1.82, 2.24) is 0 Å². The molecule has 1 nitrogen and oxygen atoms in total. The van der Waals surface area contributed by atoms with Gasteiger partial charge in [-0.25, -0.2) is 0 Å². The first-order valence-electron chi connectivity index (χ1n) is 10.3. The second-order valence-electron chi connectivity index (χ2n) is 6.87. The predicted molar refractivity (Wildman–Crippen MR) is 116 cm³/mol. The summed E-state index contributed by atoms with van der Waals surface area (Å²) < 4.78 is 5.79. The van der Waals surface area contributed by atoms with E-state index in [4.69, 9.17) is 4.74 Å². The van der Waals surface area contributed by atoms with Crippen LogP contribution < -0.4 is 4.74 Å². The third-order valence-electron chi connectivity index (χ3n) is 4.58. The van der Waals surface area contributed by atoms with E-state index in [1.54, 1.807) is 0 Å². The van der Waals surface area contributed by atoms with Crippen molar-refractivity contribution in [2.75, 3.05) is 12.4 Å². The zero-order chi connectivity index (χ0) is 18.5. The van der Waals surface area contributed by atoms with Crippen molar-refractivity contribution in [3.8, 4) is 16.9 Å². The minimum absolute atomic E-state index is 0.817. The van der Waals surface area contributed by atoms with E-state index in [-0.39, 0.29) is 0 Å². The summed E-state index contributed by atoms with van der Waals surface area (Å²) in [5, 5.41) is 0. The van der Waals surface area contributed by atoms with Crippen molar-refractivity contribution >= 4 is 11.8 Å². The van der Waals surface area contributed by atoms with Gasteiger partial charge in [0, 0.05) is 4.90 Å². The summed E-state index contributed by atoms with van der Waals surface area (Å²) in [6.07, 6.45) is 10.4. The molecule has 0 N–H and O–H groups in total. The quantitative estimate of drug-likeness (QED) is 0.261. The van der Waals surface area contributed by atoms with Crippen LogP contribution in [0.4, 0.5) is 0 Å². The monoisotopic (exact) mass is 370 g/mol. The molecule has 2 heteroatoms. The van der Waals surface area contributed by atoms with Gasteiger partial charge in [-0.2, -0.15) is 0 Å². The summed E-state index contributed by atoms with van der Waals surface area (Å²) in [5.41, 5.74) is 2.52. The first-order valence-corrected chi connectivity index (χ1v) is 11.3. The van der Waals surface area contributed by atoms with Gasteiger partial charge >= 0.3 is 0 Å². The van der Waals surface area contributed by atoms with Crippen molar-refractivity contribution in [2.45, 2.75) is 70.1 Å². The van der Waals surface area contributed by atoms with Gasteiger partial charge in [-0.05, 0) is 54.0 Å². The number of ether oxygens (including phenoxy) is 1. The van der Waals surface area contributed by atoms with E-state index in [0.717, 1.165) is 18.8 Å². The maximum Gasteiger partial charge on any atom is 0.119 e. The van der Waals surface area contributed by atoms with Crippen molar-refractivity contribution in [2.24, 2.45) is 0 Å². The maximum absolute atomic E-state index is 5.79. The molecule has 0 fully saturated rings. The van der Waals surface area contributed by atoms with Crippen molar-refractivity contribution < 1.29 is 4.74 Å². The van der Waals surface area contributed by atoms with Crippen molar-refractivity contribution in [3.63, 3.8) is 0 Å². The first kappa shape index (κ1) is 20.9. The molecule has 0 spiro atoms. The fourth-order valence-electron chi connectivity index (χ4n) is 2.92. The highest BCUT2D eigenvalue weighted by atomic mass is 32.2. The molecule has 0 saturated heterocycles. The second-order valence-corrected chi connectivity index (χ2v) is 8.04. The molecule has 0 heterocycles. The smallest absolute Gasteiger partial charge is 0.119 e. The van der Waals surface area contributed by atoms with Gasteiger partial charge in [0.15, 0.2) is 0 Å². The number of rotatable bonds is 13. The lowest BCUT2D eigenvalue weighted by atomic mass is 10.1. The first-order chi connectivity index (χ1) is 12.8. The predicted octanol–water partition coefficient (Wildman–Crippen LogP) is 7.99. The summed E-state index contributed by atoms with van der Waals surface area (Å²) >= 11 is 1.98. The Kier molecular flexibility index (Phi) is 10.3. The van der Waals surface area contributed by atoms with Gasteiger partial charge in [0.05, 0.1) is 6.61 Å². The largest absolute Gasteiger partial charge is 0.494 e. The minimum Gasteiger partial charge on any atom is -0.494 e. The van der Waals surface area contributed by atoms with E-state index in [2.05, 4.69) is 62.4 Å². The zero-order valence-electron chi connectivity index (χ0n) is 16.5. The summed E-state index contributed by atoms with van der Waals surface area (Å²) in [6, 6.07) is 17.5. The fourth-order valence-corrected chi connectivity index (χ4v) is 3.84. The molecule has 2 aromatic carbocycles. The Bertz CT molecular complexity index is 589. The van der Waals surface area contributed by atoms with Crippen LogP contribution in [0.15, 0.2) is 53.4 Å². The highest BCUT2D eigenvalue weighted by Gasteiger charge is 2.01. The number of thioether (sulfide) groups is 1. The fraction of sp³-hybridized carbons (Fsp3) is 0.500. The molecule has 0 amide bonds. The van der Waals surface area contributed by atoms with Gasteiger partial charge in [-0.1, -0.05) is 76.6 Å². The zero-order valence-corrected chi connectivity index (χ0v) is 17.3. The van der Waals surface area contributed by atoms with Gasteiger partial charge in [0.1, 0.15) is 5.75 Å². The van der Waals surface area contributed by atoms with Crippen LogP contribution in [0.1, 0.15) is 65.2 Å². The van der Waals surface area contributed by atoms with E-state index in [0.29, 0.717) is 0 Å². The lowest BCUT2D eigenvalue weighted by Gasteiger charge is -2.08. The SMILES string of the molecule is CCCCCCCSc1ccc(-c2ccc(OCCCCC)cc2)cc1. The number of hydrogen-bond acceptors (Lipinski definition) is 2. The molecule has 0 saturated carbocycles. The topological polar surface area (TPSA) is 9.23 Å². The summed E-state index contributed by atoms with van der Waals surface area (Å²) in [5.74, 6) is 2.20. The molecule has 0 unspecified atom stereocenters. The number of hydrogen-bond donors (Lipinski definition) is 0. The Balaban J connectivity index is 1.76. The Morgan fingerprint density at radius 3 is 1.88 bits per heavy atom. The lowest BCUT2D eigenvalue weighted by molar-refractivity contribution is 0.306. The highest BCUT2D eigenvalue weighted by Crippen LogP contribution is 2.26. The van der Waals surface area contributed by atoms with Crippen LogP contribution in [0.25, 0.3) is 11.1 Å². The standard InChI is InChI=1S/C24H34OS/c1-3-5-7-8-10-20-26-24-17-13-22(14-18-24)21-11-15-23(16-12-21)25-19-9-6-4-2/h11-18H,3-10,19-20H2,1-2H3. The molecule has 0 aliphatic heterocycles. The van der Waals surface area contributed by atoms with Crippen LogP contribution in [0.2, 0.25) is 0 Å². The summed E-state index contributed by atoms with van der Waals surface area (Å²) in [7, 11) is 0.